The average molecular weight is 459 g/mol. The second kappa shape index (κ2) is 9.67. The zero-order valence-corrected chi connectivity index (χ0v) is 21.4. The standard InChI is InChI=1S/C24H38N6OS/c1-14(25)20(15(2)26)16-9-10-18(19(11-16)31-8)21(27)32-22(28)30(7)17-12-23(3,4)29-24(5,6)13-17/h9-11,17,25,27-29H,12-13,26H2,1-8H3. The molecule has 1 aromatic carbocycles. The minimum atomic E-state index is -0.0163. The highest BCUT2D eigenvalue weighted by molar-refractivity contribution is 8.26. The maximum atomic E-state index is 8.65. The van der Waals surface area contributed by atoms with E-state index in [1.54, 1.807) is 33.1 Å². The largest absolute Gasteiger partial charge is 0.496 e. The lowest BCUT2D eigenvalue weighted by molar-refractivity contribution is 0.114. The van der Waals surface area contributed by atoms with Crippen LogP contribution in [0.1, 0.15) is 65.5 Å². The van der Waals surface area contributed by atoms with Gasteiger partial charge < -0.3 is 26.1 Å². The lowest BCUT2D eigenvalue weighted by atomic mass is 9.79. The van der Waals surface area contributed by atoms with E-state index in [-0.39, 0.29) is 22.2 Å². The summed E-state index contributed by atoms with van der Waals surface area (Å²) in [4.78, 5) is 1.99. The first-order valence-electron chi connectivity index (χ1n) is 10.7. The number of nitrogens with one attached hydrogen (secondary N) is 4. The summed E-state index contributed by atoms with van der Waals surface area (Å²) >= 11 is 1.12. The van der Waals surface area contributed by atoms with Crippen molar-refractivity contribution in [2.75, 3.05) is 14.2 Å². The summed E-state index contributed by atoms with van der Waals surface area (Å²) in [5.74, 6) is 0.527. The Kier molecular flexibility index (Phi) is 7.83. The Morgan fingerprint density at radius 3 is 2.16 bits per heavy atom. The average Bonchev–Trinajstić information content (AvgIpc) is 2.63. The molecule has 0 spiro atoms. The van der Waals surface area contributed by atoms with Gasteiger partial charge in [-0.3, -0.25) is 10.8 Å². The molecule has 1 aromatic rings. The van der Waals surface area contributed by atoms with Crippen LogP contribution in [-0.4, -0.2) is 52.1 Å². The summed E-state index contributed by atoms with van der Waals surface area (Å²) < 4.78 is 5.55. The fraction of sp³-hybridized carbons (Fsp3) is 0.542. The summed E-state index contributed by atoms with van der Waals surface area (Å²) in [6.45, 7) is 12.3. The Hall–Kier alpha value is -2.32. The van der Waals surface area contributed by atoms with E-state index in [1.165, 1.54) is 0 Å². The molecular formula is C24H38N6OS. The van der Waals surface area contributed by atoms with Crippen molar-refractivity contribution in [1.82, 2.24) is 10.2 Å². The second-order valence-electron chi connectivity index (χ2n) is 9.90. The molecule has 0 amide bonds. The molecule has 176 valence electrons. The van der Waals surface area contributed by atoms with Gasteiger partial charge in [0.25, 0.3) is 0 Å². The van der Waals surface area contributed by atoms with Crippen LogP contribution in [0.5, 0.6) is 5.75 Å². The quantitative estimate of drug-likeness (QED) is 0.324. The van der Waals surface area contributed by atoms with Crippen molar-refractivity contribution in [3.05, 3.63) is 35.0 Å². The van der Waals surface area contributed by atoms with E-state index >= 15 is 0 Å². The number of nitrogens with zero attached hydrogens (tertiary/aromatic N) is 1. The minimum absolute atomic E-state index is 0.0163. The zero-order chi connectivity index (χ0) is 24.4. The number of thioether (sulfide) groups is 1. The monoisotopic (exact) mass is 458 g/mol. The maximum absolute atomic E-state index is 8.65. The Labute approximate surface area is 196 Å². The van der Waals surface area contributed by atoms with Gasteiger partial charge >= 0.3 is 0 Å². The molecule has 8 heteroatoms. The number of hydrogen-bond donors (Lipinski definition) is 5. The topological polar surface area (TPSA) is 122 Å². The molecule has 0 bridgehead atoms. The van der Waals surface area contributed by atoms with Crippen LogP contribution >= 0.6 is 11.8 Å². The summed E-state index contributed by atoms with van der Waals surface area (Å²) in [6.07, 6.45) is 1.86. The number of ether oxygens (including phenoxy) is 1. The zero-order valence-electron chi connectivity index (χ0n) is 20.6. The number of hydrogen-bond acceptors (Lipinski definition) is 7. The van der Waals surface area contributed by atoms with E-state index in [2.05, 4.69) is 33.0 Å². The van der Waals surface area contributed by atoms with E-state index in [4.69, 9.17) is 26.7 Å². The van der Waals surface area contributed by atoms with Crippen LogP contribution in [0.3, 0.4) is 0 Å². The van der Waals surface area contributed by atoms with E-state index in [9.17, 15) is 0 Å². The third kappa shape index (κ3) is 6.13. The van der Waals surface area contributed by atoms with Crippen molar-refractivity contribution >= 4 is 33.3 Å². The van der Waals surface area contributed by atoms with Crippen LogP contribution in [0.2, 0.25) is 0 Å². The molecule has 1 heterocycles. The Morgan fingerprint density at radius 2 is 1.69 bits per heavy atom. The number of methoxy groups -OCH3 is 1. The molecule has 0 unspecified atom stereocenters. The van der Waals surface area contributed by atoms with Gasteiger partial charge in [0.15, 0.2) is 5.17 Å². The molecule has 7 nitrogen and oxygen atoms in total. The van der Waals surface area contributed by atoms with Crippen molar-refractivity contribution in [3.8, 4) is 5.75 Å². The fourth-order valence-electron chi connectivity index (χ4n) is 4.71. The number of nitrogens with two attached hydrogens (primary N) is 1. The second-order valence-corrected chi connectivity index (χ2v) is 10.9. The summed E-state index contributed by atoms with van der Waals surface area (Å²) in [5.41, 5.74) is 8.94. The molecule has 0 saturated carbocycles. The number of piperidine rings is 1. The number of rotatable bonds is 5. The van der Waals surface area contributed by atoms with Gasteiger partial charge in [-0.1, -0.05) is 6.07 Å². The van der Waals surface area contributed by atoms with Crippen LogP contribution in [0.25, 0.3) is 5.57 Å². The van der Waals surface area contributed by atoms with Crippen LogP contribution in [0.4, 0.5) is 0 Å². The molecule has 0 aliphatic carbocycles. The molecule has 0 radical (unpaired) electrons. The first-order chi connectivity index (χ1) is 14.7. The SMILES string of the molecule is COc1cc(C(C(C)=N)=C(C)N)ccc1C(=N)SC(=N)N(C)C1CC(C)(C)NC(C)(C)C1. The van der Waals surface area contributed by atoms with Gasteiger partial charge in [-0.15, -0.1) is 0 Å². The van der Waals surface area contributed by atoms with E-state index < -0.39 is 0 Å². The molecule has 1 aliphatic rings. The molecule has 1 saturated heterocycles. The number of allylic oxidation sites excluding steroid dienone is 2. The van der Waals surface area contributed by atoms with Gasteiger partial charge in [0, 0.05) is 46.7 Å². The number of amidine groups is 1. The van der Waals surface area contributed by atoms with Crippen LogP contribution < -0.4 is 15.8 Å². The van der Waals surface area contributed by atoms with Crippen molar-refractivity contribution in [2.24, 2.45) is 5.73 Å². The number of benzene rings is 1. The molecule has 6 N–H and O–H groups in total. The van der Waals surface area contributed by atoms with E-state index in [0.29, 0.717) is 33.5 Å². The van der Waals surface area contributed by atoms with Gasteiger partial charge in [-0.2, -0.15) is 0 Å². The van der Waals surface area contributed by atoms with E-state index in [1.807, 2.05) is 18.0 Å². The molecule has 0 aromatic heterocycles. The maximum Gasteiger partial charge on any atom is 0.162 e. The predicted molar refractivity (Wildman–Crippen MR) is 137 cm³/mol. The van der Waals surface area contributed by atoms with Gasteiger partial charge in [0.05, 0.1) is 7.11 Å². The Morgan fingerprint density at radius 1 is 1.12 bits per heavy atom. The highest BCUT2D eigenvalue weighted by Crippen LogP contribution is 2.33. The summed E-state index contributed by atoms with van der Waals surface area (Å²) in [5, 5.41) is 29.6. The van der Waals surface area contributed by atoms with Crippen LogP contribution in [-0.2, 0) is 0 Å². The van der Waals surface area contributed by atoms with Gasteiger partial charge in [0.1, 0.15) is 10.8 Å². The van der Waals surface area contributed by atoms with Gasteiger partial charge in [0.2, 0.25) is 0 Å². The molecule has 2 rings (SSSR count). The van der Waals surface area contributed by atoms with Crippen LogP contribution in [0.15, 0.2) is 23.9 Å². The predicted octanol–water partition coefficient (Wildman–Crippen LogP) is 4.66. The van der Waals surface area contributed by atoms with Crippen molar-refractivity contribution in [3.63, 3.8) is 0 Å². The minimum Gasteiger partial charge on any atom is -0.496 e. The normalized spacial score (nSPS) is 18.5. The molecule has 1 aliphatic heterocycles. The highest BCUT2D eigenvalue weighted by Gasteiger charge is 2.39. The molecular weight excluding hydrogens is 420 g/mol. The Bertz CT molecular complexity index is 930. The van der Waals surface area contributed by atoms with Crippen molar-refractivity contribution in [1.29, 1.82) is 16.2 Å². The first kappa shape index (κ1) is 25.9. The third-order valence-electron chi connectivity index (χ3n) is 5.74. The Balaban J connectivity index is 2.22. The molecule has 1 fully saturated rings. The highest BCUT2D eigenvalue weighted by atomic mass is 32.2. The van der Waals surface area contributed by atoms with Crippen molar-refractivity contribution < 1.29 is 4.74 Å². The van der Waals surface area contributed by atoms with Gasteiger partial charge in [-0.25, -0.2) is 0 Å². The van der Waals surface area contributed by atoms with E-state index in [0.717, 1.165) is 30.2 Å². The third-order valence-corrected chi connectivity index (χ3v) is 6.64. The molecule has 0 atom stereocenters. The fourth-order valence-corrected chi connectivity index (χ4v) is 5.47. The van der Waals surface area contributed by atoms with Crippen molar-refractivity contribution in [2.45, 2.75) is 71.5 Å². The summed E-state index contributed by atoms with van der Waals surface area (Å²) in [6, 6.07) is 5.68. The molecule has 32 heavy (non-hydrogen) atoms. The smallest absolute Gasteiger partial charge is 0.162 e. The van der Waals surface area contributed by atoms with Crippen LogP contribution in [0, 0.1) is 16.2 Å². The lowest BCUT2D eigenvalue weighted by Crippen LogP contribution is -2.62. The lowest BCUT2D eigenvalue weighted by Gasteiger charge is -2.49. The first-order valence-corrected chi connectivity index (χ1v) is 11.6. The summed E-state index contributed by atoms with van der Waals surface area (Å²) in [7, 11) is 3.51. The van der Waals surface area contributed by atoms with Gasteiger partial charge in [-0.05, 0) is 83.8 Å².